The molecule has 0 saturated carbocycles. The average molecular weight is 416 g/mol. The van der Waals surface area contributed by atoms with Crippen molar-refractivity contribution >= 4 is 49.7 Å². The van der Waals surface area contributed by atoms with Crippen LogP contribution in [-0.2, 0) is 9.84 Å². The van der Waals surface area contributed by atoms with E-state index in [1.807, 2.05) is 18.2 Å². The highest BCUT2D eigenvalue weighted by molar-refractivity contribution is 14.1. The van der Waals surface area contributed by atoms with Crippen LogP contribution in [0.5, 0.6) is 0 Å². The number of anilines is 2. The number of carbonyl (C=O) groups is 1. The Morgan fingerprint density at radius 3 is 2.52 bits per heavy atom. The fourth-order valence-corrected chi connectivity index (χ4v) is 2.97. The summed E-state index contributed by atoms with van der Waals surface area (Å²) in [5, 5.41) is 2.71. The van der Waals surface area contributed by atoms with E-state index in [9.17, 15) is 13.2 Å². The maximum Gasteiger partial charge on any atom is 0.255 e. The van der Waals surface area contributed by atoms with Crippen molar-refractivity contribution in [1.82, 2.24) is 0 Å². The van der Waals surface area contributed by atoms with Crippen LogP contribution in [0.3, 0.4) is 0 Å². The Morgan fingerprint density at radius 2 is 1.90 bits per heavy atom. The summed E-state index contributed by atoms with van der Waals surface area (Å²) in [6.45, 7) is 0. The van der Waals surface area contributed by atoms with Gasteiger partial charge in [0.25, 0.3) is 5.91 Å². The van der Waals surface area contributed by atoms with Gasteiger partial charge in [-0.1, -0.05) is 6.07 Å². The highest BCUT2D eigenvalue weighted by Crippen LogP contribution is 2.19. The van der Waals surface area contributed by atoms with E-state index in [1.54, 1.807) is 6.07 Å². The van der Waals surface area contributed by atoms with Crippen molar-refractivity contribution in [3.63, 3.8) is 0 Å². The Balaban J connectivity index is 2.33. The van der Waals surface area contributed by atoms with Gasteiger partial charge in [0.05, 0.1) is 4.90 Å². The molecule has 21 heavy (non-hydrogen) atoms. The van der Waals surface area contributed by atoms with E-state index in [4.69, 9.17) is 5.73 Å². The van der Waals surface area contributed by atoms with E-state index in [0.717, 1.165) is 9.83 Å². The number of nitrogens with one attached hydrogen (secondary N) is 1. The average Bonchev–Trinajstić information content (AvgIpc) is 2.37. The second-order valence-electron chi connectivity index (χ2n) is 4.53. The van der Waals surface area contributed by atoms with E-state index in [-0.39, 0.29) is 16.1 Å². The van der Waals surface area contributed by atoms with Crippen LogP contribution in [0.25, 0.3) is 0 Å². The van der Waals surface area contributed by atoms with Gasteiger partial charge < -0.3 is 11.1 Å². The van der Waals surface area contributed by atoms with Crippen LogP contribution in [-0.4, -0.2) is 20.6 Å². The molecule has 0 spiro atoms. The standard InChI is InChI=1S/C14H13IN2O3S/c1-21(19,20)13-6-9(5-11(16)8-13)14(18)17-12-4-2-3-10(15)7-12/h2-8H,16H2,1H3,(H,17,18). The number of sulfone groups is 1. The predicted octanol–water partition coefficient (Wildman–Crippen LogP) is 2.53. The Bertz CT molecular complexity index is 804. The minimum absolute atomic E-state index is 0.0234. The lowest BCUT2D eigenvalue weighted by Gasteiger charge is -2.08. The molecule has 0 atom stereocenters. The molecule has 5 nitrogen and oxygen atoms in total. The van der Waals surface area contributed by atoms with E-state index in [1.165, 1.54) is 18.2 Å². The third-order valence-corrected chi connectivity index (χ3v) is 4.46. The van der Waals surface area contributed by atoms with Gasteiger partial charge in [-0.15, -0.1) is 0 Å². The molecule has 1 amide bonds. The van der Waals surface area contributed by atoms with Crippen LogP contribution >= 0.6 is 22.6 Å². The monoisotopic (exact) mass is 416 g/mol. The zero-order chi connectivity index (χ0) is 15.6. The number of nitrogens with two attached hydrogens (primary N) is 1. The molecule has 0 aliphatic heterocycles. The highest BCUT2D eigenvalue weighted by Gasteiger charge is 2.13. The molecule has 0 aromatic heterocycles. The van der Waals surface area contributed by atoms with Gasteiger partial charge in [0, 0.05) is 26.8 Å². The number of rotatable bonds is 3. The van der Waals surface area contributed by atoms with Crippen LogP contribution in [0.4, 0.5) is 11.4 Å². The molecule has 110 valence electrons. The van der Waals surface area contributed by atoms with Crippen molar-refractivity contribution in [2.24, 2.45) is 0 Å². The smallest absolute Gasteiger partial charge is 0.255 e. The molecule has 0 saturated heterocycles. The summed E-state index contributed by atoms with van der Waals surface area (Å²) in [6.07, 6.45) is 1.07. The largest absolute Gasteiger partial charge is 0.399 e. The first kappa shape index (κ1) is 15.8. The summed E-state index contributed by atoms with van der Waals surface area (Å²) in [7, 11) is -3.42. The quantitative estimate of drug-likeness (QED) is 0.595. The lowest BCUT2D eigenvalue weighted by molar-refractivity contribution is 0.102. The molecule has 3 N–H and O–H groups in total. The van der Waals surface area contributed by atoms with Gasteiger partial charge in [0.1, 0.15) is 0 Å². The third-order valence-electron chi connectivity index (χ3n) is 2.70. The Kier molecular flexibility index (Phi) is 4.52. The molecule has 7 heteroatoms. The Labute approximate surface area is 136 Å². The number of hydrogen-bond donors (Lipinski definition) is 2. The van der Waals surface area contributed by atoms with Gasteiger partial charge in [0.15, 0.2) is 9.84 Å². The molecule has 2 aromatic rings. The van der Waals surface area contributed by atoms with Gasteiger partial charge in [-0.2, -0.15) is 0 Å². The summed E-state index contributed by atoms with van der Waals surface area (Å²) in [4.78, 5) is 12.2. The molecule has 0 heterocycles. The van der Waals surface area contributed by atoms with Crippen molar-refractivity contribution < 1.29 is 13.2 Å². The number of amides is 1. The van der Waals surface area contributed by atoms with Crippen molar-refractivity contribution in [2.75, 3.05) is 17.3 Å². The summed E-state index contributed by atoms with van der Waals surface area (Å²) < 4.78 is 24.1. The van der Waals surface area contributed by atoms with Crippen LogP contribution in [0, 0.1) is 3.57 Å². The minimum atomic E-state index is -3.42. The fourth-order valence-electron chi connectivity index (χ4n) is 1.74. The summed E-state index contributed by atoms with van der Waals surface area (Å²) in [6, 6.07) is 11.4. The number of carbonyl (C=O) groups excluding carboxylic acids is 1. The highest BCUT2D eigenvalue weighted by atomic mass is 127. The molecule has 0 unspecified atom stereocenters. The second-order valence-corrected chi connectivity index (χ2v) is 7.79. The zero-order valence-electron chi connectivity index (χ0n) is 11.1. The summed E-state index contributed by atoms with van der Waals surface area (Å²) in [5.41, 5.74) is 6.73. The first-order valence-corrected chi connectivity index (χ1v) is 8.90. The predicted molar refractivity (Wildman–Crippen MR) is 91.1 cm³/mol. The fraction of sp³-hybridized carbons (Fsp3) is 0.0714. The van der Waals surface area contributed by atoms with Gasteiger partial charge >= 0.3 is 0 Å². The molecular weight excluding hydrogens is 403 g/mol. The van der Waals surface area contributed by atoms with Crippen molar-refractivity contribution in [2.45, 2.75) is 4.90 Å². The third kappa shape index (κ3) is 4.18. The summed E-state index contributed by atoms with van der Waals surface area (Å²) in [5.74, 6) is -0.408. The lowest BCUT2D eigenvalue weighted by atomic mass is 10.2. The molecule has 0 radical (unpaired) electrons. The van der Waals surface area contributed by atoms with Gasteiger partial charge in [-0.3, -0.25) is 4.79 Å². The van der Waals surface area contributed by atoms with Gasteiger partial charge in [-0.25, -0.2) is 8.42 Å². The molecule has 0 aliphatic carbocycles. The molecular formula is C14H13IN2O3S. The Morgan fingerprint density at radius 1 is 1.19 bits per heavy atom. The summed E-state index contributed by atoms with van der Waals surface area (Å²) >= 11 is 2.14. The maximum absolute atomic E-state index is 12.2. The van der Waals surface area contributed by atoms with E-state index >= 15 is 0 Å². The molecule has 2 rings (SSSR count). The maximum atomic E-state index is 12.2. The van der Waals surface area contributed by atoms with E-state index in [0.29, 0.717) is 5.69 Å². The number of benzene rings is 2. The zero-order valence-corrected chi connectivity index (χ0v) is 14.1. The normalized spacial score (nSPS) is 11.1. The Hall–Kier alpha value is -1.61. The minimum Gasteiger partial charge on any atom is -0.399 e. The van der Waals surface area contributed by atoms with E-state index < -0.39 is 15.7 Å². The second kappa shape index (κ2) is 6.02. The number of halogens is 1. The number of hydrogen-bond acceptors (Lipinski definition) is 4. The van der Waals surface area contributed by atoms with Crippen molar-refractivity contribution in [1.29, 1.82) is 0 Å². The topological polar surface area (TPSA) is 89.3 Å². The molecule has 2 aromatic carbocycles. The lowest BCUT2D eigenvalue weighted by Crippen LogP contribution is -2.13. The van der Waals surface area contributed by atoms with Crippen LogP contribution in [0.1, 0.15) is 10.4 Å². The van der Waals surface area contributed by atoms with E-state index in [2.05, 4.69) is 27.9 Å². The van der Waals surface area contributed by atoms with Crippen molar-refractivity contribution in [3.8, 4) is 0 Å². The SMILES string of the molecule is CS(=O)(=O)c1cc(N)cc(C(=O)Nc2cccc(I)c2)c1. The molecule has 0 aliphatic rings. The van der Waals surface area contributed by atoms with Gasteiger partial charge in [0.2, 0.25) is 0 Å². The van der Waals surface area contributed by atoms with Gasteiger partial charge in [-0.05, 0) is 59.0 Å². The molecule has 0 bridgehead atoms. The first-order chi connectivity index (χ1) is 9.75. The molecule has 0 fully saturated rings. The van der Waals surface area contributed by atoms with Crippen LogP contribution in [0.15, 0.2) is 47.4 Å². The van der Waals surface area contributed by atoms with Crippen LogP contribution in [0.2, 0.25) is 0 Å². The first-order valence-electron chi connectivity index (χ1n) is 5.93. The van der Waals surface area contributed by atoms with Crippen LogP contribution < -0.4 is 11.1 Å². The number of nitrogen functional groups attached to an aromatic ring is 1. The van der Waals surface area contributed by atoms with Crippen molar-refractivity contribution in [3.05, 3.63) is 51.6 Å².